The minimum absolute atomic E-state index is 0.201. The molecule has 23 heavy (non-hydrogen) atoms. The van der Waals surface area contributed by atoms with Crippen LogP contribution in [0.4, 0.5) is 27.7 Å². The van der Waals surface area contributed by atoms with Gasteiger partial charge in [0.25, 0.3) is 0 Å². The number of hydrogen-bond acceptors (Lipinski definition) is 6. The van der Waals surface area contributed by atoms with Crippen molar-refractivity contribution in [3.05, 3.63) is 35.6 Å². The van der Waals surface area contributed by atoms with Gasteiger partial charge in [-0.1, -0.05) is 6.07 Å². The van der Waals surface area contributed by atoms with Crippen molar-refractivity contribution in [2.24, 2.45) is 0 Å². The van der Waals surface area contributed by atoms with E-state index in [-0.39, 0.29) is 11.8 Å². The Morgan fingerprint density at radius 1 is 1.35 bits per heavy atom. The van der Waals surface area contributed by atoms with Crippen LogP contribution in [0.5, 0.6) is 0 Å². The number of nitrogen functional groups attached to an aromatic ring is 1. The first-order valence-corrected chi connectivity index (χ1v) is 7.65. The number of nitrogens with zero attached hydrogens (tertiary/aromatic N) is 3. The van der Waals surface area contributed by atoms with Crippen LogP contribution in [-0.2, 0) is 0 Å². The fourth-order valence-corrected chi connectivity index (χ4v) is 2.76. The number of halogens is 1. The molecule has 0 radical (unpaired) electrons. The van der Waals surface area contributed by atoms with Gasteiger partial charge in [-0.2, -0.15) is 9.97 Å². The molecule has 0 amide bonds. The Hall–Kier alpha value is -2.41. The molecular formula is C16H21FN6. The van der Waals surface area contributed by atoms with Gasteiger partial charge in [-0.3, -0.25) is 0 Å². The van der Waals surface area contributed by atoms with E-state index in [1.807, 2.05) is 19.2 Å². The summed E-state index contributed by atoms with van der Waals surface area (Å²) in [5, 5.41) is 6.40. The van der Waals surface area contributed by atoms with E-state index in [9.17, 15) is 4.39 Å². The van der Waals surface area contributed by atoms with Crippen LogP contribution < -0.4 is 21.3 Å². The second-order valence-electron chi connectivity index (χ2n) is 5.73. The maximum absolute atomic E-state index is 13.7. The lowest BCUT2D eigenvalue weighted by Gasteiger charge is -2.19. The average molecular weight is 316 g/mol. The third-order valence-electron chi connectivity index (χ3n) is 4.18. The van der Waals surface area contributed by atoms with E-state index in [0.717, 1.165) is 25.3 Å². The Kier molecular flexibility index (Phi) is 4.29. The van der Waals surface area contributed by atoms with E-state index in [0.29, 0.717) is 23.1 Å². The minimum Gasteiger partial charge on any atom is -0.368 e. The van der Waals surface area contributed by atoms with Gasteiger partial charge in [0.15, 0.2) is 0 Å². The molecule has 0 unspecified atom stereocenters. The summed E-state index contributed by atoms with van der Waals surface area (Å²) in [5.74, 6) is 1.29. The van der Waals surface area contributed by atoms with E-state index in [1.165, 1.54) is 6.07 Å². The summed E-state index contributed by atoms with van der Waals surface area (Å²) in [7, 11) is 1.96. The van der Waals surface area contributed by atoms with Gasteiger partial charge in [0.05, 0.1) is 0 Å². The molecule has 0 bridgehead atoms. The molecule has 3 rings (SSSR count). The topological polar surface area (TPSA) is 79.1 Å². The SMILES string of the molecule is CN[C@@H]1CCN(c2cc(Nc3cccc(F)c3C)nc(N)n2)C1. The monoisotopic (exact) mass is 316 g/mol. The van der Waals surface area contributed by atoms with Crippen LogP contribution in [-0.4, -0.2) is 36.1 Å². The molecule has 0 aliphatic carbocycles. The lowest BCUT2D eigenvalue weighted by atomic mass is 10.2. The summed E-state index contributed by atoms with van der Waals surface area (Å²) in [5.41, 5.74) is 7.05. The highest BCUT2D eigenvalue weighted by molar-refractivity contribution is 5.64. The van der Waals surface area contributed by atoms with E-state index in [4.69, 9.17) is 5.73 Å². The molecule has 2 heterocycles. The standard InChI is InChI=1S/C16H21FN6/c1-10-12(17)4-3-5-13(10)20-14-8-15(22-16(18)21-14)23-7-6-11(9-23)19-2/h3-5,8,11,19H,6-7,9H2,1-2H3,(H3,18,20,21,22)/t11-/m1/s1. The maximum Gasteiger partial charge on any atom is 0.223 e. The van der Waals surface area contributed by atoms with Gasteiger partial charge in [0.2, 0.25) is 5.95 Å². The van der Waals surface area contributed by atoms with E-state index < -0.39 is 0 Å². The fraction of sp³-hybridized carbons (Fsp3) is 0.375. The minimum atomic E-state index is -0.256. The van der Waals surface area contributed by atoms with Crippen LogP contribution >= 0.6 is 0 Å². The Balaban J connectivity index is 1.85. The molecule has 6 nitrogen and oxygen atoms in total. The van der Waals surface area contributed by atoms with Crippen LogP contribution in [0, 0.1) is 12.7 Å². The molecule has 1 aromatic carbocycles. The van der Waals surface area contributed by atoms with Gasteiger partial charge in [-0.15, -0.1) is 0 Å². The molecule has 0 saturated carbocycles. The van der Waals surface area contributed by atoms with Crippen molar-refractivity contribution in [3.8, 4) is 0 Å². The Morgan fingerprint density at radius 3 is 2.91 bits per heavy atom. The normalized spacial score (nSPS) is 17.5. The number of nitrogens with one attached hydrogen (secondary N) is 2. The molecule has 0 spiro atoms. The molecule has 1 fully saturated rings. The Morgan fingerprint density at radius 2 is 2.17 bits per heavy atom. The molecule has 1 saturated heterocycles. The molecule has 1 aromatic heterocycles. The van der Waals surface area contributed by atoms with Gasteiger partial charge >= 0.3 is 0 Å². The summed E-state index contributed by atoms with van der Waals surface area (Å²) < 4.78 is 13.7. The zero-order valence-corrected chi connectivity index (χ0v) is 13.3. The van der Waals surface area contributed by atoms with E-state index in [1.54, 1.807) is 13.0 Å². The van der Waals surface area contributed by atoms with E-state index >= 15 is 0 Å². The number of hydrogen-bond donors (Lipinski definition) is 3. The van der Waals surface area contributed by atoms with Gasteiger partial charge in [-0.05, 0) is 32.5 Å². The molecule has 7 heteroatoms. The van der Waals surface area contributed by atoms with Crippen LogP contribution in [0.15, 0.2) is 24.3 Å². The number of aromatic nitrogens is 2. The zero-order valence-electron chi connectivity index (χ0n) is 13.3. The third-order valence-corrected chi connectivity index (χ3v) is 4.18. The molecule has 1 aliphatic rings. The van der Waals surface area contributed by atoms with Crippen LogP contribution in [0.25, 0.3) is 0 Å². The predicted octanol–water partition coefficient (Wildman–Crippen LogP) is 2.05. The Bertz CT molecular complexity index is 705. The fourth-order valence-electron chi connectivity index (χ4n) is 2.76. The molecule has 1 atom stereocenters. The lowest BCUT2D eigenvalue weighted by molar-refractivity contribution is 0.616. The number of anilines is 4. The lowest BCUT2D eigenvalue weighted by Crippen LogP contribution is -2.30. The summed E-state index contributed by atoms with van der Waals surface area (Å²) in [6.45, 7) is 3.52. The van der Waals surface area contributed by atoms with Crippen LogP contribution in [0.2, 0.25) is 0 Å². The summed E-state index contributed by atoms with van der Waals surface area (Å²) in [6, 6.07) is 7.20. The Labute approximate surface area is 134 Å². The van der Waals surface area contributed by atoms with Crippen LogP contribution in [0.1, 0.15) is 12.0 Å². The van der Waals surface area contributed by atoms with Crippen molar-refractivity contribution in [2.75, 3.05) is 36.1 Å². The maximum atomic E-state index is 13.7. The van der Waals surface area contributed by atoms with Gasteiger partial charge in [0.1, 0.15) is 17.5 Å². The second-order valence-corrected chi connectivity index (χ2v) is 5.73. The third kappa shape index (κ3) is 3.34. The van der Waals surface area contributed by atoms with Gasteiger partial charge < -0.3 is 21.3 Å². The van der Waals surface area contributed by atoms with Crippen molar-refractivity contribution in [2.45, 2.75) is 19.4 Å². The van der Waals surface area contributed by atoms with Crippen molar-refractivity contribution in [1.29, 1.82) is 0 Å². The predicted molar refractivity (Wildman–Crippen MR) is 90.5 cm³/mol. The highest BCUT2D eigenvalue weighted by atomic mass is 19.1. The van der Waals surface area contributed by atoms with Gasteiger partial charge in [0, 0.05) is 36.4 Å². The highest BCUT2D eigenvalue weighted by Crippen LogP contribution is 2.25. The summed E-state index contributed by atoms with van der Waals surface area (Å²) in [6.07, 6.45) is 1.06. The van der Waals surface area contributed by atoms with Crippen LogP contribution in [0.3, 0.4) is 0 Å². The second kappa shape index (κ2) is 6.37. The summed E-state index contributed by atoms with van der Waals surface area (Å²) in [4.78, 5) is 10.7. The van der Waals surface area contributed by atoms with Crippen molar-refractivity contribution in [3.63, 3.8) is 0 Å². The first kappa shape index (κ1) is 15.5. The molecule has 1 aliphatic heterocycles. The first-order valence-electron chi connectivity index (χ1n) is 7.65. The highest BCUT2D eigenvalue weighted by Gasteiger charge is 2.22. The van der Waals surface area contributed by atoms with E-state index in [2.05, 4.69) is 25.5 Å². The number of nitrogens with two attached hydrogens (primary N) is 1. The number of likely N-dealkylation sites (N-methyl/N-ethyl adjacent to an activating group) is 1. The van der Waals surface area contributed by atoms with Crippen molar-refractivity contribution < 1.29 is 4.39 Å². The quantitative estimate of drug-likeness (QED) is 0.801. The number of rotatable bonds is 4. The molecular weight excluding hydrogens is 295 g/mol. The zero-order chi connectivity index (χ0) is 16.4. The largest absolute Gasteiger partial charge is 0.368 e. The molecule has 122 valence electrons. The first-order chi connectivity index (χ1) is 11.1. The van der Waals surface area contributed by atoms with Gasteiger partial charge in [-0.25, -0.2) is 4.39 Å². The number of benzene rings is 1. The van der Waals surface area contributed by atoms with Crippen molar-refractivity contribution in [1.82, 2.24) is 15.3 Å². The average Bonchev–Trinajstić information content (AvgIpc) is 3.00. The molecule has 2 aromatic rings. The summed E-state index contributed by atoms with van der Waals surface area (Å²) >= 11 is 0. The van der Waals surface area contributed by atoms with Crippen molar-refractivity contribution >= 4 is 23.3 Å². The molecule has 4 N–H and O–H groups in total. The smallest absolute Gasteiger partial charge is 0.223 e.